The zero-order chi connectivity index (χ0) is 20.9. The van der Waals surface area contributed by atoms with Crippen molar-refractivity contribution in [2.45, 2.75) is 49.2 Å². The van der Waals surface area contributed by atoms with E-state index in [2.05, 4.69) is 15.4 Å². The van der Waals surface area contributed by atoms with Gasteiger partial charge in [0.2, 0.25) is 10.0 Å². The first-order valence-corrected chi connectivity index (χ1v) is 11.3. The Morgan fingerprint density at radius 1 is 1.07 bits per heavy atom. The molecule has 3 rings (SSSR count). The van der Waals surface area contributed by atoms with E-state index < -0.39 is 21.9 Å². The van der Waals surface area contributed by atoms with Gasteiger partial charge in [-0.25, -0.2) is 22.3 Å². The van der Waals surface area contributed by atoms with Gasteiger partial charge in [-0.2, -0.15) is 0 Å². The second-order valence-corrected chi connectivity index (χ2v) is 9.13. The molecular weight excluding hydrogens is 417 g/mol. The maximum absolute atomic E-state index is 13.3. The second-order valence-electron chi connectivity index (χ2n) is 7.01. The van der Waals surface area contributed by atoms with E-state index in [1.165, 1.54) is 6.07 Å². The van der Waals surface area contributed by atoms with Crippen LogP contribution >= 0.6 is 11.6 Å². The number of urea groups is 1. The van der Waals surface area contributed by atoms with Crippen LogP contribution in [0.3, 0.4) is 0 Å². The van der Waals surface area contributed by atoms with E-state index in [0.717, 1.165) is 30.5 Å². The normalized spacial score (nSPS) is 19.5. The van der Waals surface area contributed by atoms with Gasteiger partial charge in [-0.05, 0) is 36.6 Å². The molecule has 1 aliphatic carbocycles. The van der Waals surface area contributed by atoms with Crippen molar-refractivity contribution in [1.29, 1.82) is 0 Å². The highest BCUT2D eigenvalue weighted by atomic mass is 35.5. The molecule has 29 heavy (non-hydrogen) atoms. The minimum atomic E-state index is -3.90. The molecule has 0 saturated heterocycles. The molecule has 2 aromatic carbocycles. The van der Waals surface area contributed by atoms with E-state index in [1.54, 1.807) is 0 Å². The highest BCUT2D eigenvalue weighted by Gasteiger charge is 2.30. The van der Waals surface area contributed by atoms with Gasteiger partial charge < -0.3 is 10.6 Å². The fourth-order valence-electron chi connectivity index (χ4n) is 3.35. The molecule has 0 radical (unpaired) electrons. The van der Waals surface area contributed by atoms with Crippen LogP contribution in [0.2, 0.25) is 5.02 Å². The molecule has 3 N–H and O–H groups in total. The zero-order valence-electron chi connectivity index (χ0n) is 15.7. The number of hydrogen-bond donors (Lipinski definition) is 3. The van der Waals surface area contributed by atoms with Crippen LogP contribution in [-0.2, 0) is 16.6 Å². The summed E-state index contributed by atoms with van der Waals surface area (Å²) in [6.45, 7) is 0.379. The zero-order valence-corrected chi connectivity index (χ0v) is 17.3. The van der Waals surface area contributed by atoms with Gasteiger partial charge in [0.15, 0.2) is 0 Å². The molecule has 9 heteroatoms. The summed E-state index contributed by atoms with van der Waals surface area (Å²) in [6.07, 6.45) is 3.00. The monoisotopic (exact) mass is 439 g/mol. The molecule has 2 aromatic rings. The van der Waals surface area contributed by atoms with Crippen molar-refractivity contribution >= 4 is 27.7 Å². The Bertz CT molecular complexity index is 957. The lowest BCUT2D eigenvalue weighted by Gasteiger charge is -2.32. The molecule has 2 unspecified atom stereocenters. The number of amides is 2. The van der Waals surface area contributed by atoms with Crippen molar-refractivity contribution in [1.82, 2.24) is 15.4 Å². The Morgan fingerprint density at radius 3 is 2.45 bits per heavy atom. The molecule has 1 saturated carbocycles. The van der Waals surface area contributed by atoms with E-state index in [4.69, 9.17) is 11.6 Å². The van der Waals surface area contributed by atoms with E-state index in [0.29, 0.717) is 19.4 Å². The predicted molar refractivity (Wildman–Crippen MR) is 110 cm³/mol. The van der Waals surface area contributed by atoms with Gasteiger partial charge in [-0.1, -0.05) is 54.8 Å². The Labute approximate surface area is 174 Å². The lowest BCUT2D eigenvalue weighted by Crippen LogP contribution is -2.54. The summed E-state index contributed by atoms with van der Waals surface area (Å²) in [5.41, 5.74) is 0.969. The van der Waals surface area contributed by atoms with Crippen LogP contribution in [-0.4, -0.2) is 26.5 Å². The van der Waals surface area contributed by atoms with Crippen molar-refractivity contribution in [3.05, 3.63) is 64.9 Å². The number of nitrogens with one attached hydrogen (secondary N) is 3. The van der Waals surface area contributed by atoms with Gasteiger partial charge in [0.05, 0.1) is 9.92 Å². The minimum absolute atomic E-state index is 0.109. The van der Waals surface area contributed by atoms with Crippen LogP contribution in [0.25, 0.3) is 0 Å². The molecule has 2 amide bonds. The van der Waals surface area contributed by atoms with Gasteiger partial charge in [0.1, 0.15) is 5.82 Å². The number of carbonyl (C=O) groups excluding carboxylic acids is 1. The van der Waals surface area contributed by atoms with Crippen LogP contribution in [0.15, 0.2) is 53.4 Å². The molecule has 156 valence electrons. The highest BCUT2D eigenvalue weighted by Crippen LogP contribution is 2.23. The summed E-state index contributed by atoms with van der Waals surface area (Å²) in [6, 6.07) is 11.6. The fourth-order valence-corrected chi connectivity index (χ4v) is 4.94. The summed E-state index contributed by atoms with van der Waals surface area (Å²) in [7, 11) is -3.90. The van der Waals surface area contributed by atoms with E-state index in [-0.39, 0.29) is 22.0 Å². The molecule has 0 bridgehead atoms. The Hall–Kier alpha value is -2.16. The molecule has 0 spiro atoms. The molecule has 6 nitrogen and oxygen atoms in total. The van der Waals surface area contributed by atoms with Gasteiger partial charge in [0, 0.05) is 18.6 Å². The summed E-state index contributed by atoms with van der Waals surface area (Å²) in [4.78, 5) is 12.2. The van der Waals surface area contributed by atoms with Gasteiger partial charge in [-0.15, -0.1) is 0 Å². The summed E-state index contributed by atoms with van der Waals surface area (Å²) >= 11 is 5.71. The lowest BCUT2D eigenvalue weighted by atomic mass is 9.91. The quantitative estimate of drug-likeness (QED) is 0.643. The molecule has 2 atom stereocenters. The third-order valence-electron chi connectivity index (χ3n) is 4.89. The molecule has 0 aromatic heterocycles. The minimum Gasteiger partial charge on any atom is -0.334 e. The fraction of sp³-hybridized carbons (Fsp3) is 0.350. The number of carbonyl (C=O) groups is 1. The maximum Gasteiger partial charge on any atom is 0.315 e. The SMILES string of the molecule is O=C(NCc1ccccc1)NC1CCCCC1NS(=O)(=O)c1ccc(F)c(Cl)c1. The van der Waals surface area contributed by atoms with Crippen molar-refractivity contribution in [2.24, 2.45) is 0 Å². The van der Waals surface area contributed by atoms with Crippen molar-refractivity contribution < 1.29 is 17.6 Å². The Morgan fingerprint density at radius 2 is 1.76 bits per heavy atom. The standard InChI is InChI=1S/C20H23ClFN3O3S/c21-16-12-15(10-11-17(16)22)29(27,28)25-19-9-5-4-8-18(19)24-20(26)23-13-14-6-2-1-3-7-14/h1-3,6-7,10-12,18-19,25H,4-5,8-9,13H2,(H2,23,24,26). The first-order chi connectivity index (χ1) is 13.8. The number of sulfonamides is 1. The van der Waals surface area contributed by atoms with Crippen molar-refractivity contribution in [3.8, 4) is 0 Å². The summed E-state index contributed by atoms with van der Waals surface area (Å²) in [5, 5.41) is 5.40. The first kappa shape index (κ1) is 21.5. The van der Waals surface area contributed by atoms with Crippen LogP contribution in [0.5, 0.6) is 0 Å². The molecule has 0 heterocycles. The Balaban J connectivity index is 1.62. The smallest absolute Gasteiger partial charge is 0.315 e. The Kier molecular flexibility index (Phi) is 7.10. The summed E-state index contributed by atoms with van der Waals surface area (Å²) < 4.78 is 41.4. The topological polar surface area (TPSA) is 87.3 Å². The third kappa shape index (κ3) is 5.91. The van der Waals surface area contributed by atoms with Crippen molar-refractivity contribution in [3.63, 3.8) is 0 Å². The molecule has 0 aliphatic heterocycles. The van der Waals surface area contributed by atoms with Crippen LogP contribution in [0.1, 0.15) is 31.2 Å². The predicted octanol–water partition coefficient (Wildman–Crippen LogP) is 3.57. The van der Waals surface area contributed by atoms with E-state index >= 15 is 0 Å². The molecular formula is C20H23ClFN3O3S. The summed E-state index contributed by atoms with van der Waals surface area (Å²) in [5.74, 6) is -0.682. The molecule has 1 fully saturated rings. The average Bonchev–Trinajstić information content (AvgIpc) is 2.70. The average molecular weight is 440 g/mol. The number of benzene rings is 2. The number of hydrogen-bond acceptors (Lipinski definition) is 3. The van der Waals surface area contributed by atoms with Crippen molar-refractivity contribution in [2.75, 3.05) is 0 Å². The van der Waals surface area contributed by atoms with Crippen LogP contribution in [0.4, 0.5) is 9.18 Å². The maximum atomic E-state index is 13.3. The van der Waals surface area contributed by atoms with Crippen LogP contribution < -0.4 is 15.4 Å². The highest BCUT2D eigenvalue weighted by molar-refractivity contribution is 7.89. The first-order valence-electron chi connectivity index (χ1n) is 9.41. The van der Waals surface area contributed by atoms with Gasteiger partial charge in [-0.3, -0.25) is 0 Å². The second kappa shape index (κ2) is 9.56. The number of halogens is 2. The molecule has 1 aliphatic rings. The number of rotatable bonds is 6. The van der Waals surface area contributed by atoms with E-state index in [9.17, 15) is 17.6 Å². The van der Waals surface area contributed by atoms with E-state index in [1.807, 2.05) is 30.3 Å². The third-order valence-corrected chi connectivity index (χ3v) is 6.66. The van der Waals surface area contributed by atoms with Gasteiger partial charge >= 0.3 is 6.03 Å². The lowest BCUT2D eigenvalue weighted by molar-refractivity contribution is 0.227. The largest absolute Gasteiger partial charge is 0.334 e. The van der Waals surface area contributed by atoms with Gasteiger partial charge in [0.25, 0.3) is 0 Å². The van der Waals surface area contributed by atoms with Crippen LogP contribution in [0, 0.1) is 5.82 Å².